The molecule has 0 bridgehead atoms. The van der Waals surface area contributed by atoms with E-state index in [1.165, 1.54) is 11.3 Å². The third-order valence-electron chi connectivity index (χ3n) is 4.06. The molecule has 1 aromatic carbocycles. The van der Waals surface area contributed by atoms with Crippen LogP contribution in [0.3, 0.4) is 0 Å². The number of hydrogen-bond acceptors (Lipinski definition) is 5. The van der Waals surface area contributed by atoms with E-state index >= 15 is 0 Å². The number of carbonyl (C=O) groups excluding carboxylic acids is 2. The molecule has 2 saturated heterocycles. The minimum Gasteiger partial charge on any atom is -0.497 e. The summed E-state index contributed by atoms with van der Waals surface area (Å²) in [7, 11) is 1.60. The van der Waals surface area contributed by atoms with Crippen molar-refractivity contribution in [3.8, 4) is 5.75 Å². The summed E-state index contributed by atoms with van der Waals surface area (Å²) in [6.07, 6.45) is 5.25. The third-order valence-corrected chi connectivity index (χ3v) is 4.96. The fourth-order valence-corrected chi connectivity index (χ4v) is 3.64. The number of hydrogen-bond donors (Lipinski definition) is 0. The lowest BCUT2D eigenvalue weighted by Crippen LogP contribution is -2.42. The Morgan fingerprint density at radius 1 is 1.22 bits per heavy atom. The number of nitrogens with zero attached hydrogens (tertiary/aromatic N) is 2. The number of rotatable bonds is 4. The van der Waals surface area contributed by atoms with E-state index in [1.807, 2.05) is 24.3 Å². The average molecular weight is 332 g/mol. The molecular weight excluding hydrogens is 312 g/mol. The van der Waals surface area contributed by atoms with Crippen molar-refractivity contribution in [2.45, 2.75) is 19.3 Å². The Kier molecular flexibility index (Phi) is 5.03. The number of methoxy groups -OCH3 is 1. The van der Waals surface area contributed by atoms with Crippen molar-refractivity contribution in [2.75, 3.05) is 26.9 Å². The van der Waals surface area contributed by atoms with Crippen molar-refractivity contribution in [1.82, 2.24) is 9.80 Å². The van der Waals surface area contributed by atoms with Gasteiger partial charge in [0.25, 0.3) is 11.1 Å². The van der Waals surface area contributed by atoms with Gasteiger partial charge in [-0.1, -0.05) is 18.6 Å². The van der Waals surface area contributed by atoms with E-state index < -0.39 is 0 Å². The van der Waals surface area contributed by atoms with E-state index in [2.05, 4.69) is 4.90 Å². The zero-order valence-electron chi connectivity index (χ0n) is 13.2. The van der Waals surface area contributed by atoms with Gasteiger partial charge < -0.3 is 4.74 Å². The molecule has 0 atom stereocenters. The average Bonchev–Trinajstić information content (AvgIpc) is 2.83. The molecule has 0 aliphatic carbocycles. The number of likely N-dealkylation sites (tertiary alicyclic amines) is 1. The summed E-state index contributed by atoms with van der Waals surface area (Å²) in [4.78, 5) is 28.7. The van der Waals surface area contributed by atoms with Crippen molar-refractivity contribution in [2.24, 2.45) is 0 Å². The number of benzene rings is 1. The largest absolute Gasteiger partial charge is 0.497 e. The smallest absolute Gasteiger partial charge is 0.294 e. The number of carbonyl (C=O) groups is 2. The van der Waals surface area contributed by atoms with Gasteiger partial charge in [0, 0.05) is 0 Å². The molecule has 0 radical (unpaired) electrons. The van der Waals surface area contributed by atoms with Gasteiger partial charge >= 0.3 is 0 Å². The Labute approximate surface area is 140 Å². The van der Waals surface area contributed by atoms with Crippen LogP contribution in [0, 0.1) is 0 Å². The van der Waals surface area contributed by atoms with Crippen molar-refractivity contribution in [3.05, 3.63) is 34.7 Å². The second kappa shape index (κ2) is 7.19. The molecule has 0 unspecified atom stereocenters. The standard InChI is InChI=1S/C17H20N2O3S/c1-22-14-7-5-6-13(10-14)11-15-16(20)19(17(21)23-15)12-18-8-3-2-4-9-18/h5-7,10-11H,2-4,8-9,12H2,1H3/b15-11-. The minimum absolute atomic E-state index is 0.185. The Hall–Kier alpha value is -1.79. The predicted molar refractivity (Wildman–Crippen MR) is 91.1 cm³/mol. The van der Waals surface area contributed by atoms with Crippen LogP contribution < -0.4 is 4.74 Å². The maximum absolute atomic E-state index is 12.5. The van der Waals surface area contributed by atoms with E-state index in [1.54, 1.807) is 13.2 Å². The molecule has 5 nitrogen and oxygen atoms in total. The first-order valence-corrected chi connectivity index (χ1v) is 8.61. The zero-order chi connectivity index (χ0) is 16.2. The van der Waals surface area contributed by atoms with Gasteiger partial charge in [-0.15, -0.1) is 0 Å². The van der Waals surface area contributed by atoms with E-state index in [-0.39, 0.29) is 11.1 Å². The number of piperidine rings is 1. The molecule has 2 heterocycles. The van der Waals surface area contributed by atoms with Crippen molar-refractivity contribution >= 4 is 29.0 Å². The van der Waals surface area contributed by atoms with E-state index in [0.29, 0.717) is 11.6 Å². The van der Waals surface area contributed by atoms with Crippen molar-refractivity contribution in [3.63, 3.8) is 0 Å². The molecule has 3 rings (SSSR count). The van der Waals surface area contributed by atoms with Gasteiger partial charge in [0.2, 0.25) is 0 Å². The molecule has 0 aromatic heterocycles. The topological polar surface area (TPSA) is 49.9 Å². The Morgan fingerprint density at radius 3 is 2.74 bits per heavy atom. The molecule has 1 aromatic rings. The zero-order valence-corrected chi connectivity index (χ0v) is 14.0. The highest BCUT2D eigenvalue weighted by Gasteiger charge is 2.36. The van der Waals surface area contributed by atoms with E-state index in [4.69, 9.17) is 4.74 Å². The molecule has 122 valence electrons. The molecular formula is C17H20N2O3S. The maximum Gasteiger partial charge on any atom is 0.294 e. The Bertz CT molecular complexity index is 638. The summed E-state index contributed by atoms with van der Waals surface area (Å²) in [5.41, 5.74) is 0.854. The number of ether oxygens (including phenoxy) is 1. The molecule has 2 aliphatic heterocycles. The molecule has 0 N–H and O–H groups in total. The van der Waals surface area contributed by atoms with Gasteiger partial charge in [0.1, 0.15) is 5.75 Å². The van der Waals surface area contributed by atoms with Crippen LogP contribution in [0.15, 0.2) is 29.2 Å². The van der Waals surface area contributed by atoms with Crippen LogP contribution in [0.1, 0.15) is 24.8 Å². The first kappa shape index (κ1) is 16.1. The summed E-state index contributed by atoms with van der Waals surface area (Å²) >= 11 is 1.01. The summed E-state index contributed by atoms with van der Waals surface area (Å²) in [5, 5.41) is -0.185. The van der Waals surface area contributed by atoms with Gasteiger partial charge in [0.05, 0.1) is 18.7 Å². The highest BCUT2D eigenvalue weighted by atomic mass is 32.2. The first-order valence-electron chi connectivity index (χ1n) is 7.79. The van der Waals surface area contributed by atoms with Crippen LogP contribution in [-0.2, 0) is 4.79 Å². The summed E-state index contributed by atoms with van der Waals surface area (Å²) in [5.74, 6) is 0.527. The number of imide groups is 1. The Morgan fingerprint density at radius 2 is 2.00 bits per heavy atom. The molecule has 6 heteroatoms. The molecule has 0 spiro atoms. The van der Waals surface area contributed by atoms with E-state index in [0.717, 1.165) is 49.0 Å². The SMILES string of the molecule is COc1cccc(/C=C2\SC(=O)N(CN3CCCCC3)C2=O)c1. The normalized spacial score (nSPS) is 21.3. The van der Waals surface area contributed by atoms with Gasteiger partial charge in [-0.3, -0.25) is 19.4 Å². The highest BCUT2D eigenvalue weighted by molar-refractivity contribution is 8.18. The summed E-state index contributed by atoms with van der Waals surface area (Å²) in [6.45, 7) is 2.31. The second-order valence-corrected chi connectivity index (χ2v) is 6.70. The Balaban J connectivity index is 1.73. The fourth-order valence-electron chi connectivity index (χ4n) is 2.81. The second-order valence-electron chi connectivity index (χ2n) is 5.71. The van der Waals surface area contributed by atoms with Crippen LogP contribution in [0.5, 0.6) is 5.75 Å². The number of thioether (sulfide) groups is 1. The van der Waals surface area contributed by atoms with Crippen LogP contribution in [0.25, 0.3) is 6.08 Å². The quantitative estimate of drug-likeness (QED) is 0.793. The summed E-state index contributed by atoms with van der Waals surface area (Å²) in [6, 6.07) is 7.45. The number of amides is 2. The predicted octanol–water partition coefficient (Wildman–Crippen LogP) is 3.17. The van der Waals surface area contributed by atoms with Crippen LogP contribution in [0.2, 0.25) is 0 Å². The van der Waals surface area contributed by atoms with Crippen LogP contribution in [0.4, 0.5) is 4.79 Å². The fraction of sp³-hybridized carbons (Fsp3) is 0.412. The van der Waals surface area contributed by atoms with Crippen LogP contribution >= 0.6 is 11.8 Å². The highest BCUT2D eigenvalue weighted by Crippen LogP contribution is 2.33. The minimum atomic E-state index is -0.201. The van der Waals surface area contributed by atoms with Crippen LogP contribution in [-0.4, -0.2) is 47.8 Å². The first-order chi connectivity index (χ1) is 11.2. The van der Waals surface area contributed by atoms with Gasteiger partial charge in [-0.25, -0.2) is 0 Å². The molecule has 23 heavy (non-hydrogen) atoms. The van der Waals surface area contributed by atoms with Gasteiger partial charge in [-0.2, -0.15) is 0 Å². The lowest BCUT2D eigenvalue weighted by Gasteiger charge is -2.29. The lowest BCUT2D eigenvalue weighted by atomic mass is 10.1. The lowest BCUT2D eigenvalue weighted by molar-refractivity contribution is -0.124. The third kappa shape index (κ3) is 3.76. The summed E-state index contributed by atoms with van der Waals surface area (Å²) < 4.78 is 5.18. The monoisotopic (exact) mass is 332 g/mol. The maximum atomic E-state index is 12.5. The van der Waals surface area contributed by atoms with Gasteiger partial charge in [0.15, 0.2) is 0 Å². The van der Waals surface area contributed by atoms with Crippen molar-refractivity contribution < 1.29 is 14.3 Å². The van der Waals surface area contributed by atoms with Gasteiger partial charge in [-0.05, 0) is 61.5 Å². The van der Waals surface area contributed by atoms with E-state index in [9.17, 15) is 9.59 Å². The molecule has 2 aliphatic rings. The molecule has 2 amide bonds. The molecule has 0 saturated carbocycles. The molecule has 2 fully saturated rings. The van der Waals surface area contributed by atoms with Crippen molar-refractivity contribution in [1.29, 1.82) is 0 Å².